The molecule has 0 aliphatic carbocycles. The van der Waals surface area contributed by atoms with Gasteiger partial charge in [-0.05, 0) is 19.4 Å². The van der Waals surface area contributed by atoms with Crippen molar-refractivity contribution in [2.24, 2.45) is 0 Å². The lowest BCUT2D eigenvalue weighted by molar-refractivity contribution is -0.121. The van der Waals surface area contributed by atoms with Crippen LogP contribution in [-0.4, -0.2) is 15.9 Å². The third-order valence-electron chi connectivity index (χ3n) is 2.79. The van der Waals surface area contributed by atoms with E-state index >= 15 is 0 Å². The van der Waals surface area contributed by atoms with E-state index in [1.807, 2.05) is 38.1 Å². The largest absolute Gasteiger partial charge is 0.347 e. The molecule has 0 saturated carbocycles. The van der Waals surface area contributed by atoms with Crippen LogP contribution in [0.5, 0.6) is 0 Å². The quantitative estimate of drug-likeness (QED) is 0.864. The molecule has 0 bridgehead atoms. The molecule has 0 fully saturated rings. The number of hydrogen-bond acceptors (Lipinski definition) is 2. The first-order chi connectivity index (χ1) is 8.65. The van der Waals surface area contributed by atoms with Gasteiger partial charge in [-0.3, -0.25) is 4.79 Å². The maximum absolute atomic E-state index is 11.9. The van der Waals surface area contributed by atoms with Crippen LogP contribution < -0.4 is 5.32 Å². The lowest BCUT2D eigenvalue weighted by Crippen LogP contribution is -2.28. The highest BCUT2D eigenvalue weighted by molar-refractivity contribution is 5.78. The van der Waals surface area contributed by atoms with Crippen molar-refractivity contribution in [1.29, 1.82) is 0 Å². The number of aryl methyl sites for hydroxylation is 1. The van der Waals surface area contributed by atoms with Crippen LogP contribution in [0.3, 0.4) is 0 Å². The number of aromatic amines is 1. The van der Waals surface area contributed by atoms with Gasteiger partial charge < -0.3 is 10.3 Å². The van der Waals surface area contributed by atoms with E-state index in [2.05, 4.69) is 15.3 Å². The van der Waals surface area contributed by atoms with Gasteiger partial charge in [-0.15, -0.1) is 0 Å². The Labute approximate surface area is 106 Å². The minimum absolute atomic E-state index is 0.00255. The van der Waals surface area contributed by atoms with Crippen LogP contribution in [-0.2, 0) is 11.2 Å². The number of hydrogen-bond donors (Lipinski definition) is 2. The first-order valence-corrected chi connectivity index (χ1v) is 5.99. The van der Waals surface area contributed by atoms with Crippen molar-refractivity contribution in [3.63, 3.8) is 0 Å². The van der Waals surface area contributed by atoms with Crippen LogP contribution in [0.15, 0.2) is 36.7 Å². The summed E-state index contributed by atoms with van der Waals surface area (Å²) in [6.07, 6.45) is 3.82. The van der Waals surface area contributed by atoms with E-state index in [4.69, 9.17) is 0 Å². The molecule has 1 amide bonds. The van der Waals surface area contributed by atoms with Crippen molar-refractivity contribution in [2.45, 2.75) is 26.3 Å². The van der Waals surface area contributed by atoms with Crippen molar-refractivity contribution >= 4 is 5.91 Å². The highest BCUT2D eigenvalue weighted by Gasteiger charge is 2.11. The number of amides is 1. The molecule has 2 rings (SSSR count). The van der Waals surface area contributed by atoms with Crippen molar-refractivity contribution in [3.8, 4) is 0 Å². The number of benzene rings is 1. The number of carbonyl (C=O) groups excluding carboxylic acids is 1. The molecular formula is C14H17N3O. The van der Waals surface area contributed by atoms with Gasteiger partial charge in [0.25, 0.3) is 0 Å². The van der Waals surface area contributed by atoms with Gasteiger partial charge in [0.2, 0.25) is 5.91 Å². The average Bonchev–Trinajstić information content (AvgIpc) is 2.85. The minimum atomic E-state index is -0.0991. The Bertz CT molecular complexity index is 502. The maximum Gasteiger partial charge on any atom is 0.224 e. The van der Waals surface area contributed by atoms with Crippen molar-refractivity contribution in [3.05, 3.63) is 53.6 Å². The summed E-state index contributed by atoms with van der Waals surface area (Å²) in [5.41, 5.74) is 2.22. The lowest BCUT2D eigenvalue weighted by Gasteiger charge is -2.11. The summed E-state index contributed by atoms with van der Waals surface area (Å²) in [5.74, 6) is 0.773. The number of H-pyrrole nitrogens is 1. The third-order valence-corrected chi connectivity index (χ3v) is 2.79. The highest BCUT2D eigenvalue weighted by Crippen LogP contribution is 2.07. The monoisotopic (exact) mass is 243 g/mol. The Kier molecular flexibility index (Phi) is 3.77. The first kappa shape index (κ1) is 12.4. The Balaban J connectivity index is 1.91. The molecule has 1 atom stereocenters. The normalized spacial score (nSPS) is 12.1. The molecule has 0 saturated heterocycles. The molecule has 2 aromatic rings. The number of aromatic nitrogens is 2. The van der Waals surface area contributed by atoms with Gasteiger partial charge >= 0.3 is 0 Å². The molecule has 1 aromatic heterocycles. The lowest BCUT2D eigenvalue weighted by atomic mass is 10.1. The predicted molar refractivity (Wildman–Crippen MR) is 70.0 cm³/mol. The Morgan fingerprint density at radius 1 is 1.39 bits per heavy atom. The molecule has 2 N–H and O–H groups in total. The van der Waals surface area contributed by atoms with Gasteiger partial charge in [-0.1, -0.05) is 29.8 Å². The second kappa shape index (κ2) is 5.49. The van der Waals surface area contributed by atoms with Crippen LogP contribution in [0.25, 0.3) is 0 Å². The second-order valence-corrected chi connectivity index (χ2v) is 4.43. The summed E-state index contributed by atoms with van der Waals surface area (Å²) >= 11 is 0. The zero-order chi connectivity index (χ0) is 13.0. The topological polar surface area (TPSA) is 57.8 Å². The van der Waals surface area contributed by atoms with Crippen LogP contribution in [0, 0.1) is 6.92 Å². The molecule has 1 heterocycles. The van der Waals surface area contributed by atoms with Crippen LogP contribution >= 0.6 is 0 Å². The fraction of sp³-hybridized carbons (Fsp3) is 0.286. The number of imidazole rings is 1. The van der Waals surface area contributed by atoms with Gasteiger partial charge in [0, 0.05) is 12.4 Å². The summed E-state index contributed by atoms with van der Waals surface area (Å²) in [6, 6.07) is 7.88. The molecule has 1 aromatic carbocycles. The fourth-order valence-electron chi connectivity index (χ4n) is 1.77. The summed E-state index contributed by atoms with van der Waals surface area (Å²) in [4.78, 5) is 19.0. The van der Waals surface area contributed by atoms with Gasteiger partial charge in [-0.2, -0.15) is 0 Å². The van der Waals surface area contributed by atoms with Gasteiger partial charge in [0.15, 0.2) is 0 Å². The molecule has 18 heavy (non-hydrogen) atoms. The first-order valence-electron chi connectivity index (χ1n) is 5.99. The molecule has 0 aliphatic rings. The van der Waals surface area contributed by atoms with E-state index in [1.165, 1.54) is 5.56 Å². The smallest absolute Gasteiger partial charge is 0.224 e. The highest BCUT2D eigenvalue weighted by atomic mass is 16.1. The van der Waals surface area contributed by atoms with Crippen molar-refractivity contribution < 1.29 is 4.79 Å². The van der Waals surface area contributed by atoms with E-state index < -0.39 is 0 Å². The average molecular weight is 243 g/mol. The molecule has 0 radical (unpaired) electrons. The second-order valence-electron chi connectivity index (χ2n) is 4.43. The maximum atomic E-state index is 11.9. The SMILES string of the molecule is Cc1ccc(CC(=O)NC(C)c2ncc[nH]2)cc1. The molecule has 4 nitrogen and oxygen atoms in total. The van der Waals surface area contributed by atoms with Crippen LogP contribution in [0.4, 0.5) is 0 Å². The molecular weight excluding hydrogens is 226 g/mol. The Morgan fingerprint density at radius 3 is 2.72 bits per heavy atom. The predicted octanol–water partition coefficient (Wildman–Crippen LogP) is 2.14. The van der Waals surface area contributed by atoms with E-state index in [1.54, 1.807) is 12.4 Å². The molecule has 0 spiro atoms. The number of rotatable bonds is 4. The Morgan fingerprint density at radius 2 is 2.11 bits per heavy atom. The molecule has 0 aliphatic heterocycles. The minimum Gasteiger partial charge on any atom is -0.347 e. The van der Waals surface area contributed by atoms with Crippen molar-refractivity contribution in [2.75, 3.05) is 0 Å². The van der Waals surface area contributed by atoms with E-state index in [9.17, 15) is 4.79 Å². The zero-order valence-electron chi connectivity index (χ0n) is 10.6. The van der Waals surface area contributed by atoms with Crippen molar-refractivity contribution in [1.82, 2.24) is 15.3 Å². The molecule has 1 unspecified atom stereocenters. The number of nitrogens with zero attached hydrogens (tertiary/aromatic N) is 1. The third kappa shape index (κ3) is 3.20. The zero-order valence-corrected chi connectivity index (χ0v) is 10.6. The summed E-state index contributed by atoms with van der Waals surface area (Å²) in [6.45, 7) is 3.94. The van der Waals surface area contributed by atoms with E-state index in [0.717, 1.165) is 11.4 Å². The Hall–Kier alpha value is -2.10. The number of carbonyl (C=O) groups is 1. The van der Waals surface area contributed by atoms with Gasteiger partial charge in [0.1, 0.15) is 5.82 Å². The fourth-order valence-corrected chi connectivity index (χ4v) is 1.77. The standard InChI is InChI=1S/C14H17N3O/c1-10-3-5-12(6-4-10)9-13(18)17-11(2)14-15-7-8-16-14/h3-8,11H,9H2,1-2H3,(H,15,16)(H,17,18). The summed E-state index contributed by atoms with van der Waals surface area (Å²) in [7, 11) is 0. The van der Waals surface area contributed by atoms with Crippen LogP contribution in [0.1, 0.15) is 29.9 Å². The van der Waals surface area contributed by atoms with E-state index in [-0.39, 0.29) is 11.9 Å². The van der Waals surface area contributed by atoms with Gasteiger partial charge in [0.05, 0.1) is 12.5 Å². The number of nitrogens with one attached hydrogen (secondary N) is 2. The molecule has 94 valence electrons. The molecule has 4 heteroatoms. The van der Waals surface area contributed by atoms with Gasteiger partial charge in [-0.25, -0.2) is 4.98 Å². The van der Waals surface area contributed by atoms with E-state index in [0.29, 0.717) is 6.42 Å². The summed E-state index contributed by atoms with van der Waals surface area (Å²) < 4.78 is 0. The summed E-state index contributed by atoms with van der Waals surface area (Å²) in [5, 5.41) is 2.91. The van der Waals surface area contributed by atoms with Crippen LogP contribution in [0.2, 0.25) is 0 Å².